The van der Waals surface area contributed by atoms with Gasteiger partial charge in [0.1, 0.15) is 5.54 Å². The zero-order valence-corrected chi connectivity index (χ0v) is 11.0. The van der Waals surface area contributed by atoms with Crippen molar-refractivity contribution in [3.63, 3.8) is 0 Å². The molecule has 2 rings (SSSR count). The zero-order valence-electron chi connectivity index (χ0n) is 10.3. The molecule has 0 spiro atoms. The smallest absolute Gasteiger partial charge is 0.243 e. The number of hydrogen-bond acceptors (Lipinski definition) is 3. The zero-order chi connectivity index (χ0) is 13.2. The predicted octanol–water partition coefficient (Wildman–Crippen LogP) is 1.64. The maximum Gasteiger partial charge on any atom is 0.243 e. The molecule has 1 unspecified atom stereocenters. The van der Waals surface area contributed by atoms with Gasteiger partial charge < -0.3 is 15.8 Å². The third-order valence-corrected chi connectivity index (χ3v) is 3.44. The van der Waals surface area contributed by atoms with Crippen LogP contribution in [0, 0.1) is 0 Å². The Bertz CT molecular complexity index is 444. The maximum atomic E-state index is 12.1. The molecule has 0 bridgehead atoms. The lowest BCUT2D eigenvalue weighted by atomic mass is 9.98. The van der Waals surface area contributed by atoms with Gasteiger partial charge in [-0.3, -0.25) is 4.79 Å². The van der Waals surface area contributed by atoms with Crippen LogP contribution in [0.3, 0.4) is 0 Å². The molecular weight excluding hydrogens is 252 g/mol. The minimum Gasteiger partial charge on any atom is -0.379 e. The number of nitrogens with one attached hydrogen (secondary N) is 1. The second-order valence-electron chi connectivity index (χ2n) is 4.71. The minimum atomic E-state index is -0.896. The number of rotatable bonds is 3. The number of benzene rings is 1. The number of ether oxygens (including phenoxy) is 1. The summed E-state index contributed by atoms with van der Waals surface area (Å²) in [4.78, 5) is 12.1. The first-order chi connectivity index (χ1) is 8.51. The molecule has 18 heavy (non-hydrogen) atoms. The summed E-state index contributed by atoms with van der Waals surface area (Å²) in [6, 6.07) is 7.29. The van der Waals surface area contributed by atoms with Crippen LogP contribution in [0.4, 0.5) is 0 Å². The molecule has 1 aliphatic heterocycles. The Morgan fingerprint density at radius 1 is 1.61 bits per heavy atom. The summed E-state index contributed by atoms with van der Waals surface area (Å²) in [6.45, 7) is 2.72. The van der Waals surface area contributed by atoms with Gasteiger partial charge in [0.2, 0.25) is 5.91 Å². The van der Waals surface area contributed by atoms with E-state index in [1.165, 1.54) is 0 Å². The lowest BCUT2D eigenvalue weighted by molar-refractivity contribution is -0.127. The van der Waals surface area contributed by atoms with Crippen molar-refractivity contribution in [2.75, 3.05) is 13.2 Å². The van der Waals surface area contributed by atoms with E-state index in [2.05, 4.69) is 5.32 Å². The number of hydrogen-bond donors (Lipinski definition) is 2. The highest BCUT2D eigenvalue weighted by Crippen LogP contribution is 2.20. The van der Waals surface area contributed by atoms with Crippen molar-refractivity contribution in [1.82, 2.24) is 5.32 Å². The summed E-state index contributed by atoms with van der Waals surface area (Å²) >= 11 is 5.92. The third-order valence-electron chi connectivity index (χ3n) is 3.20. The van der Waals surface area contributed by atoms with Gasteiger partial charge in [0.05, 0.1) is 12.6 Å². The fourth-order valence-corrected chi connectivity index (χ4v) is 2.16. The number of carbonyl (C=O) groups excluding carboxylic acids is 1. The van der Waals surface area contributed by atoms with E-state index in [0.717, 1.165) is 5.56 Å². The van der Waals surface area contributed by atoms with Crippen molar-refractivity contribution in [2.24, 2.45) is 5.73 Å². The molecule has 1 fully saturated rings. The maximum absolute atomic E-state index is 12.1. The minimum absolute atomic E-state index is 0.128. The number of halogens is 1. The van der Waals surface area contributed by atoms with E-state index >= 15 is 0 Å². The summed E-state index contributed by atoms with van der Waals surface area (Å²) < 4.78 is 5.18. The second kappa shape index (κ2) is 5.26. The van der Waals surface area contributed by atoms with Crippen LogP contribution in [0.5, 0.6) is 0 Å². The molecule has 1 aliphatic rings. The lowest BCUT2D eigenvalue weighted by Crippen LogP contribution is -2.54. The Morgan fingerprint density at radius 2 is 2.39 bits per heavy atom. The largest absolute Gasteiger partial charge is 0.379 e. The van der Waals surface area contributed by atoms with Gasteiger partial charge >= 0.3 is 0 Å². The van der Waals surface area contributed by atoms with Gasteiger partial charge in [0.15, 0.2) is 0 Å². The first-order valence-corrected chi connectivity index (χ1v) is 6.32. The molecule has 0 aliphatic carbocycles. The molecule has 0 radical (unpaired) electrons. The third kappa shape index (κ3) is 2.83. The summed E-state index contributed by atoms with van der Waals surface area (Å²) in [5.41, 5.74) is 6.06. The highest BCUT2D eigenvalue weighted by Gasteiger charge is 2.38. The summed E-state index contributed by atoms with van der Waals surface area (Å²) in [7, 11) is 0. The predicted molar refractivity (Wildman–Crippen MR) is 70.4 cm³/mol. The van der Waals surface area contributed by atoms with Crippen LogP contribution in [0.25, 0.3) is 0 Å². The fraction of sp³-hybridized carbons (Fsp3) is 0.462. The van der Waals surface area contributed by atoms with Crippen molar-refractivity contribution < 1.29 is 9.53 Å². The standard InChI is InChI=1S/C13H17ClN2O2/c1-9(10-3-2-4-11(14)7-10)16-12(17)13(15)5-6-18-8-13/h2-4,7,9H,5-6,8,15H2,1H3,(H,16,17)/t9-,13?/m0/s1. The number of carbonyl (C=O) groups is 1. The van der Waals surface area contributed by atoms with Crippen LogP contribution in [0.15, 0.2) is 24.3 Å². The molecular formula is C13H17ClN2O2. The van der Waals surface area contributed by atoms with Crippen molar-refractivity contribution in [3.05, 3.63) is 34.9 Å². The molecule has 0 saturated carbocycles. The van der Waals surface area contributed by atoms with Gasteiger partial charge in [0.25, 0.3) is 0 Å². The van der Waals surface area contributed by atoms with Gasteiger partial charge in [-0.25, -0.2) is 0 Å². The molecule has 1 aromatic rings. The molecule has 0 aromatic heterocycles. The van der Waals surface area contributed by atoms with Gasteiger partial charge in [-0.2, -0.15) is 0 Å². The molecule has 1 amide bonds. The SMILES string of the molecule is C[C@H](NC(=O)C1(N)CCOC1)c1cccc(Cl)c1. The van der Waals surface area contributed by atoms with Crippen LogP contribution in [-0.4, -0.2) is 24.7 Å². The van der Waals surface area contributed by atoms with Gasteiger partial charge in [-0.05, 0) is 31.0 Å². The van der Waals surface area contributed by atoms with Crippen LogP contribution in [0.1, 0.15) is 24.9 Å². The Balaban J connectivity index is 2.03. The van der Waals surface area contributed by atoms with E-state index in [1.54, 1.807) is 6.07 Å². The molecule has 1 aromatic carbocycles. The van der Waals surface area contributed by atoms with E-state index in [9.17, 15) is 4.79 Å². The van der Waals surface area contributed by atoms with E-state index in [0.29, 0.717) is 18.1 Å². The average molecular weight is 269 g/mol. The van der Waals surface area contributed by atoms with E-state index in [4.69, 9.17) is 22.1 Å². The molecule has 1 heterocycles. The molecule has 4 nitrogen and oxygen atoms in total. The van der Waals surface area contributed by atoms with Crippen molar-refractivity contribution >= 4 is 17.5 Å². The summed E-state index contributed by atoms with van der Waals surface area (Å²) in [6.07, 6.45) is 0.557. The number of amides is 1. The molecule has 1 saturated heterocycles. The van der Waals surface area contributed by atoms with Crippen molar-refractivity contribution in [3.8, 4) is 0 Å². The molecule has 98 valence electrons. The van der Waals surface area contributed by atoms with Crippen LogP contribution in [-0.2, 0) is 9.53 Å². The number of nitrogens with two attached hydrogens (primary N) is 1. The average Bonchev–Trinajstić information content (AvgIpc) is 2.77. The monoisotopic (exact) mass is 268 g/mol. The Labute approximate surface area is 111 Å². The Morgan fingerprint density at radius 3 is 3.00 bits per heavy atom. The topological polar surface area (TPSA) is 64.4 Å². The van der Waals surface area contributed by atoms with Gasteiger partial charge in [0, 0.05) is 11.6 Å². The first kappa shape index (κ1) is 13.3. The van der Waals surface area contributed by atoms with Gasteiger partial charge in [-0.15, -0.1) is 0 Å². The normalized spacial score (nSPS) is 24.8. The van der Waals surface area contributed by atoms with Crippen LogP contribution < -0.4 is 11.1 Å². The highest BCUT2D eigenvalue weighted by atomic mass is 35.5. The molecule has 2 atom stereocenters. The van der Waals surface area contributed by atoms with Crippen LogP contribution >= 0.6 is 11.6 Å². The van der Waals surface area contributed by atoms with E-state index in [-0.39, 0.29) is 18.6 Å². The van der Waals surface area contributed by atoms with Crippen molar-refractivity contribution in [1.29, 1.82) is 0 Å². The molecule has 3 N–H and O–H groups in total. The Kier molecular flexibility index (Phi) is 3.90. The lowest BCUT2D eigenvalue weighted by Gasteiger charge is -2.24. The van der Waals surface area contributed by atoms with E-state index < -0.39 is 5.54 Å². The summed E-state index contributed by atoms with van der Waals surface area (Å²) in [5, 5.41) is 3.56. The molecule has 5 heteroatoms. The Hall–Kier alpha value is -1.10. The van der Waals surface area contributed by atoms with Crippen LogP contribution in [0.2, 0.25) is 5.02 Å². The van der Waals surface area contributed by atoms with E-state index in [1.807, 2.05) is 25.1 Å². The quantitative estimate of drug-likeness (QED) is 0.876. The first-order valence-electron chi connectivity index (χ1n) is 5.94. The summed E-state index contributed by atoms with van der Waals surface area (Å²) in [5.74, 6) is -0.174. The van der Waals surface area contributed by atoms with Gasteiger partial charge in [-0.1, -0.05) is 23.7 Å². The van der Waals surface area contributed by atoms with Crippen molar-refractivity contribution in [2.45, 2.75) is 24.9 Å². The second-order valence-corrected chi connectivity index (χ2v) is 5.15. The fourth-order valence-electron chi connectivity index (χ4n) is 1.96. The highest BCUT2D eigenvalue weighted by molar-refractivity contribution is 6.30.